The van der Waals surface area contributed by atoms with E-state index < -0.39 is 0 Å². The summed E-state index contributed by atoms with van der Waals surface area (Å²) in [6.45, 7) is 0. The zero-order chi connectivity index (χ0) is 11.9. The van der Waals surface area contributed by atoms with E-state index in [0.29, 0.717) is 0 Å². The molecule has 0 aliphatic carbocycles. The Morgan fingerprint density at radius 1 is 1.17 bits per heavy atom. The number of aromatic amines is 1. The van der Waals surface area contributed by atoms with Crippen LogP contribution in [0.5, 0.6) is 0 Å². The maximum atomic E-state index is 4.18. The van der Waals surface area contributed by atoms with E-state index in [1.165, 1.54) is 0 Å². The molecule has 0 saturated heterocycles. The molecule has 4 aromatic heterocycles. The fourth-order valence-corrected chi connectivity index (χ4v) is 2.24. The standard InChI is InChI=1S/C13H9N5/c1-2-12(18-8-16-17-13(18)3-1)10-7-15-11-4-5-14-6-9(10)11/h1-8,15H. The molecular weight excluding hydrogens is 226 g/mol. The summed E-state index contributed by atoms with van der Waals surface area (Å²) in [7, 11) is 0. The smallest absolute Gasteiger partial charge is 0.161 e. The Kier molecular flexibility index (Phi) is 1.77. The van der Waals surface area contributed by atoms with Gasteiger partial charge < -0.3 is 4.98 Å². The number of aromatic nitrogens is 5. The van der Waals surface area contributed by atoms with Crippen molar-refractivity contribution in [2.24, 2.45) is 0 Å². The zero-order valence-electron chi connectivity index (χ0n) is 9.41. The molecule has 0 fully saturated rings. The average Bonchev–Trinajstić information content (AvgIpc) is 3.05. The first-order chi connectivity index (χ1) is 8.93. The molecule has 18 heavy (non-hydrogen) atoms. The molecule has 4 rings (SSSR count). The molecule has 0 aromatic carbocycles. The second-order valence-corrected chi connectivity index (χ2v) is 4.09. The van der Waals surface area contributed by atoms with Crippen LogP contribution < -0.4 is 0 Å². The number of H-pyrrole nitrogens is 1. The molecule has 0 radical (unpaired) electrons. The van der Waals surface area contributed by atoms with E-state index in [-0.39, 0.29) is 0 Å². The number of hydrogen-bond acceptors (Lipinski definition) is 3. The molecule has 0 bridgehead atoms. The predicted octanol–water partition coefficient (Wildman–Crippen LogP) is 2.27. The zero-order valence-corrected chi connectivity index (χ0v) is 9.41. The van der Waals surface area contributed by atoms with Crippen LogP contribution in [-0.2, 0) is 0 Å². The lowest BCUT2D eigenvalue weighted by atomic mass is 10.1. The molecule has 1 N–H and O–H groups in total. The van der Waals surface area contributed by atoms with Gasteiger partial charge in [-0.05, 0) is 18.2 Å². The summed E-state index contributed by atoms with van der Waals surface area (Å²) < 4.78 is 1.97. The van der Waals surface area contributed by atoms with Crippen LogP contribution in [-0.4, -0.2) is 24.6 Å². The first-order valence-electron chi connectivity index (χ1n) is 5.64. The van der Waals surface area contributed by atoms with Crippen LogP contribution in [0.15, 0.2) is 49.2 Å². The summed E-state index contributed by atoms with van der Waals surface area (Å²) in [5.41, 5.74) is 4.07. The van der Waals surface area contributed by atoms with Gasteiger partial charge in [-0.1, -0.05) is 6.07 Å². The Bertz CT molecular complexity index is 842. The van der Waals surface area contributed by atoms with E-state index in [2.05, 4.69) is 20.2 Å². The van der Waals surface area contributed by atoms with Gasteiger partial charge >= 0.3 is 0 Å². The third-order valence-electron chi connectivity index (χ3n) is 3.09. The lowest BCUT2D eigenvalue weighted by Crippen LogP contribution is -1.89. The number of nitrogens with zero attached hydrogens (tertiary/aromatic N) is 4. The van der Waals surface area contributed by atoms with Crippen molar-refractivity contribution in [1.82, 2.24) is 24.6 Å². The van der Waals surface area contributed by atoms with Gasteiger partial charge in [-0.15, -0.1) is 10.2 Å². The Hall–Kier alpha value is -2.69. The first-order valence-corrected chi connectivity index (χ1v) is 5.64. The summed E-state index contributed by atoms with van der Waals surface area (Å²) >= 11 is 0. The minimum atomic E-state index is 0.839. The Morgan fingerprint density at radius 3 is 3.17 bits per heavy atom. The van der Waals surface area contributed by atoms with Crippen molar-refractivity contribution in [1.29, 1.82) is 0 Å². The SMILES string of the molecule is c1cc(-c2c[nH]c3ccncc23)n2cnnc2c1. The van der Waals surface area contributed by atoms with Crippen molar-refractivity contribution >= 4 is 16.6 Å². The van der Waals surface area contributed by atoms with Gasteiger partial charge in [0.2, 0.25) is 0 Å². The summed E-state index contributed by atoms with van der Waals surface area (Å²) in [6, 6.07) is 7.93. The van der Waals surface area contributed by atoms with E-state index in [1.807, 2.05) is 41.1 Å². The molecule has 4 heterocycles. The molecule has 0 spiro atoms. The molecule has 5 heteroatoms. The van der Waals surface area contributed by atoms with Crippen LogP contribution >= 0.6 is 0 Å². The highest BCUT2D eigenvalue weighted by molar-refractivity contribution is 5.94. The molecule has 0 aliphatic heterocycles. The maximum Gasteiger partial charge on any atom is 0.161 e. The van der Waals surface area contributed by atoms with E-state index in [4.69, 9.17) is 0 Å². The highest BCUT2D eigenvalue weighted by Gasteiger charge is 2.09. The monoisotopic (exact) mass is 235 g/mol. The first kappa shape index (κ1) is 9.35. The van der Waals surface area contributed by atoms with Crippen LogP contribution in [0.2, 0.25) is 0 Å². The second kappa shape index (κ2) is 3.40. The van der Waals surface area contributed by atoms with Gasteiger partial charge in [0.25, 0.3) is 0 Å². The summed E-state index contributed by atoms with van der Waals surface area (Å²) in [4.78, 5) is 7.43. The average molecular weight is 235 g/mol. The Labute approximate surface area is 102 Å². The number of pyridine rings is 2. The largest absolute Gasteiger partial charge is 0.360 e. The lowest BCUT2D eigenvalue weighted by Gasteiger charge is -2.02. The van der Waals surface area contributed by atoms with Crippen molar-refractivity contribution in [3.8, 4) is 11.3 Å². The third-order valence-corrected chi connectivity index (χ3v) is 3.09. The van der Waals surface area contributed by atoms with E-state index in [9.17, 15) is 0 Å². The fraction of sp³-hybridized carbons (Fsp3) is 0. The van der Waals surface area contributed by atoms with E-state index in [1.54, 1.807) is 12.5 Å². The molecule has 0 amide bonds. The Morgan fingerprint density at radius 2 is 2.17 bits per heavy atom. The number of fused-ring (bicyclic) bond motifs is 2. The topological polar surface area (TPSA) is 58.9 Å². The van der Waals surface area contributed by atoms with Gasteiger partial charge in [-0.2, -0.15) is 0 Å². The number of hydrogen-bond donors (Lipinski definition) is 1. The van der Waals surface area contributed by atoms with Crippen molar-refractivity contribution < 1.29 is 0 Å². The van der Waals surface area contributed by atoms with Gasteiger partial charge in [0.05, 0.1) is 5.69 Å². The number of rotatable bonds is 1. The normalized spacial score (nSPS) is 11.3. The fourth-order valence-electron chi connectivity index (χ4n) is 2.24. The molecular formula is C13H9N5. The summed E-state index contributed by atoms with van der Waals surface area (Å²) in [5, 5.41) is 9.09. The maximum absolute atomic E-state index is 4.18. The second-order valence-electron chi connectivity index (χ2n) is 4.09. The van der Waals surface area contributed by atoms with Gasteiger partial charge in [0.15, 0.2) is 5.65 Å². The highest BCUT2D eigenvalue weighted by atomic mass is 15.2. The summed E-state index contributed by atoms with van der Waals surface area (Å²) in [5.74, 6) is 0. The quantitative estimate of drug-likeness (QED) is 0.550. The minimum Gasteiger partial charge on any atom is -0.360 e. The molecule has 0 unspecified atom stereocenters. The van der Waals surface area contributed by atoms with Crippen molar-refractivity contribution in [3.63, 3.8) is 0 Å². The molecule has 5 nitrogen and oxygen atoms in total. The molecule has 86 valence electrons. The van der Waals surface area contributed by atoms with Crippen LogP contribution in [0.1, 0.15) is 0 Å². The van der Waals surface area contributed by atoms with E-state index >= 15 is 0 Å². The lowest BCUT2D eigenvalue weighted by molar-refractivity contribution is 1.10. The molecule has 0 atom stereocenters. The van der Waals surface area contributed by atoms with Crippen LogP contribution in [0.4, 0.5) is 0 Å². The van der Waals surface area contributed by atoms with Crippen LogP contribution in [0, 0.1) is 0 Å². The van der Waals surface area contributed by atoms with Gasteiger partial charge in [-0.25, -0.2) is 0 Å². The minimum absolute atomic E-state index is 0.839. The van der Waals surface area contributed by atoms with Gasteiger partial charge in [-0.3, -0.25) is 9.38 Å². The van der Waals surface area contributed by atoms with Gasteiger partial charge in [0.1, 0.15) is 6.33 Å². The molecule has 4 aromatic rings. The third kappa shape index (κ3) is 1.18. The van der Waals surface area contributed by atoms with Crippen molar-refractivity contribution in [2.75, 3.05) is 0 Å². The van der Waals surface area contributed by atoms with Gasteiger partial charge in [0, 0.05) is 35.1 Å². The van der Waals surface area contributed by atoms with Crippen molar-refractivity contribution in [2.45, 2.75) is 0 Å². The van der Waals surface area contributed by atoms with Crippen LogP contribution in [0.3, 0.4) is 0 Å². The number of nitrogens with one attached hydrogen (secondary N) is 1. The molecule has 0 saturated carbocycles. The van der Waals surface area contributed by atoms with E-state index in [0.717, 1.165) is 27.8 Å². The Balaban J connectivity index is 2.10. The van der Waals surface area contributed by atoms with Crippen molar-refractivity contribution in [3.05, 3.63) is 49.2 Å². The molecule has 0 aliphatic rings. The predicted molar refractivity (Wildman–Crippen MR) is 68.1 cm³/mol. The van der Waals surface area contributed by atoms with Crippen LogP contribution in [0.25, 0.3) is 27.8 Å². The summed E-state index contributed by atoms with van der Waals surface area (Å²) in [6.07, 6.45) is 7.35. The highest BCUT2D eigenvalue weighted by Crippen LogP contribution is 2.27.